The molecule has 2 aromatic heterocycles. The second-order valence-electron chi connectivity index (χ2n) is 7.03. The van der Waals surface area contributed by atoms with E-state index >= 15 is 0 Å². The Labute approximate surface area is 180 Å². The summed E-state index contributed by atoms with van der Waals surface area (Å²) >= 11 is 5.99. The monoisotopic (exact) mass is 468 g/mol. The molecule has 1 saturated heterocycles. The zero-order valence-corrected chi connectivity index (χ0v) is 18.5. The van der Waals surface area contributed by atoms with E-state index in [4.69, 9.17) is 11.6 Å². The number of H-pyrrole nitrogens is 1. The third-order valence-corrected chi connectivity index (χ3v) is 7.39. The Hall–Kier alpha value is -2.06. The van der Waals surface area contributed by atoms with Gasteiger partial charge in [0, 0.05) is 41.7 Å². The molecule has 2 N–H and O–H groups in total. The van der Waals surface area contributed by atoms with E-state index in [9.17, 15) is 17.6 Å². The van der Waals surface area contributed by atoms with E-state index < -0.39 is 21.8 Å². The van der Waals surface area contributed by atoms with Crippen LogP contribution in [0.15, 0.2) is 30.6 Å². The molecule has 0 saturated carbocycles. The van der Waals surface area contributed by atoms with Crippen molar-refractivity contribution in [2.75, 3.05) is 17.8 Å². The first kappa shape index (κ1) is 21.2. The highest BCUT2D eigenvalue weighted by Crippen LogP contribution is 2.26. The van der Waals surface area contributed by atoms with Gasteiger partial charge in [-0.3, -0.25) is 9.52 Å². The number of aromatic nitrogens is 2. The summed E-state index contributed by atoms with van der Waals surface area (Å²) in [4.78, 5) is 20.1. The Kier molecular flexibility index (Phi) is 5.81. The van der Waals surface area contributed by atoms with Crippen molar-refractivity contribution in [3.05, 3.63) is 52.6 Å². The molecular formula is C19H19ClFN4O3PS. The van der Waals surface area contributed by atoms with Crippen LogP contribution in [-0.2, 0) is 10.2 Å². The van der Waals surface area contributed by atoms with E-state index in [0.717, 1.165) is 25.3 Å². The molecule has 158 valence electrons. The van der Waals surface area contributed by atoms with Crippen molar-refractivity contribution < 1.29 is 17.6 Å². The molecule has 1 aromatic carbocycles. The SMILES string of the molecule is O=C(c1c(F)ccc(NS(=O)(=O)N2CCCCC2)c1P)c1c[nH]c2ncc(Cl)cc12. The van der Waals surface area contributed by atoms with Crippen LogP contribution in [0.25, 0.3) is 11.0 Å². The number of carbonyl (C=O) groups is 1. The maximum Gasteiger partial charge on any atom is 0.301 e. The van der Waals surface area contributed by atoms with Gasteiger partial charge in [0.15, 0.2) is 5.78 Å². The zero-order chi connectivity index (χ0) is 21.5. The maximum atomic E-state index is 14.7. The molecule has 3 aromatic rings. The second kappa shape index (κ2) is 8.23. The number of anilines is 1. The fourth-order valence-electron chi connectivity index (χ4n) is 3.52. The maximum absolute atomic E-state index is 14.7. The van der Waals surface area contributed by atoms with Crippen molar-refractivity contribution in [3.8, 4) is 0 Å². The number of aromatic amines is 1. The molecule has 0 bridgehead atoms. The number of piperidine rings is 1. The van der Waals surface area contributed by atoms with Crippen molar-refractivity contribution in [2.45, 2.75) is 19.3 Å². The molecule has 7 nitrogen and oxygen atoms in total. The summed E-state index contributed by atoms with van der Waals surface area (Å²) in [7, 11) is -1.53. The van der Waals surface area contributed by atoms with Crippen LogP contribution in [0, 0.1) is 5.82 Å². The van der Waals surface area contributed by atoms with E-state index in [1.165, 1.54) is 22.8 Å². The Balaban J connectivity index is 1.72. The number of ketones is 1. The van der Waals surface area contributed by atoms with Crippen molar-refractivity contribution in [2.24, 2.45) is 0 Å². The number of rotatable bonds is 5. The zero-order valence-electron chi connectivity index (χ0n) is 15.8. The molecule has 30 heavy (non-hydrogen) atoms. The van der Waals surface area contributed by atoms with Crippen LogP contribution >= 0.6 is 20.8 Å². The number of nitrogens with one attached hydrogen (secondary N) is 2. The summed E-state index contributed by atoms with van der Waals surface area (Å²) in [6.45, 7) is 0.856. The lowest BCUT2D eigenvalue weighted by Gasteiger charge is -2.26. The van der Waals surface area contributed by atoms with Gasteiger partial charge in [-0.1, -0.05) is 18.0 Å². The number of fused-ring (bicyclic) bond motifs is 1. The van der Waals surface area contributed by atoms with Crippen molar-refractivity contribution in [1.29, 1.82) is 0 Å². The molecular weight excluding hydrogens is 450 g/mol. The van der Waals surface area contributed by atoms with E-state index in [0.29, 0.717) is 29.1 Å². The molecule has 0 amide bonds. The van der Waals surface area contributed by atoms with Gasteiger partial charge < -0.3 is 4.98 Å². The molecule has 4 rings (SSSR count). The summed E-state index contributed by atoms with van der Waals surface area (Å²) in [6.07, 6.45) is 5.44. The average molecular weight is 469 g/mol. The van der Waals surface area contributed by atoms with Crippen LogP contribution in [-0.4, -0.2) is 41.6 Å². The molecule has 1 aliphatic heterocycles. The molecule has 1 unspecified atom stereocenters. The normalized spacial score (nSPS) is 15.4. The van der Waals surface area contributed by atoms with Crippen LogP contribution in [0.4, 0.5) is 10.1 Å². The summed E-state index contributed by atoms with van der Waals surface area (Å²) in [5.74, 6) is -1.36. The van der Waals surface area contributed by atoms with Crippen LogP contribution in [0.5, 0.6) is 0 Å². The van der Waals surface area contributed by atoms with Gasteiger partial charge in [0.05, 0.1) is 16.3 Å². The molecule has 1 atom stereocenters. The summed E-state index contributed by atoms with van der Waals surface area (Å²) < 4.78 is 43.9. The van der Waals surface area contributed by atoms with E-state index in [2.05, 4.69) is 23.9 Å². The number of hydrogen-bond donors (Lipinski definition) is 2. The smallest absolute Gasteiger partial charge is 0.301 e. The van der Waals surface area contributed by atoms with Gasteiger partial charge in [-0.15, -0.1) is 9.24 Å². The summed E-state index contributed by atoms with van der Waals surface area (Å²) in [6, 6.07) is 3.95. The highest BCUT2D eigenvalue weighted by atomic mass is 35.5. The Morgan fingerprint density at radius 3 is 2.73 bits per heavy atom. The standard InChI is InChI=1S/C19H19ClFN4O3PS/c20-11-8-12-13(10-23-19(12)22-9-11)17(26)16-14(21)4-5-15(18(16)29)24-30(27,28)25-6-2-1-3-7-25/h4-5,8-10,24H,1-3,6-7,29H2,(H,22,23). The first-order chi connectivity index (χ1) is 14.3. The number of halogens is 2. The third-order valence-electron chi connectivity index (χ3n) is 5.06. The van der Waals surface area contributed by atoms with Gasteiger partial charge in [-0.25, -0.2) is 9.37 Å². The third kappa shape index (κ3) is 3.95. The molecule has 1 fully saturated rings. The van der Waals surface area contributed by atoms with Crippen LogP contribution in [0.1, 0.15) is 35.2 Å². The predicted octanol–water partition coefficient (Wildman–Crippen LogP) is 3.23. The van der Waals surface area contributed by atoms with Crippen molar-refractivity contribution >= 4 is 58.9 Å². The van der Waals surface area contributed by atoms with Gasteiger partial charge >= 0.3 is 10.2 Å². The van der Waals surface area contributed by atoms with E-state index in [1.807, 2.05) is 0 Å². The molecule has 1 aliphatic rings. The lowest BCUT2D eigenvalue weighted by molar-refractivity contribution is 0.103. The quantitative estimate of drug-likeness (QED) is 0.444. The minimum Gasteiger partial charge on any atom is -0.345 e. The number of benzene rings is 1. The van der Waals surface area contributed by atoms with E-state index in [-0.39, 0.29) is 22.1 Å². The number of nitrogens with zero attached hydrogens (tertiary/aromatic N) is 2. The Bertz CT molecular complexity index is 1240. The number of hydrogen-bond acceptors (Lipinski definition) is 4. The minimum absolute atomic E-state index is 0.130. The van der Waals surface area contributed by atoms with Gasteiger partial charge in [0.1, 0.15) is 11.5 Å². The molecule has 0 spiro atoms. The fourth-order valence-corrected chi connectivity index (χ4v) is 5.55. The van der Waals surface area contributed by atoms with Crippen molar-refractivity contribution in [1.82, 2.24) is 14.3 Å². The highest BCUT2D eigenvalue weighted by Gasteiger charge is 2.27. The molecule has 3 heterocycles. The van der Waals surface area contributed by atoms with Crippen molar-refractivity contribution in [3.63, 3.8) is 0 Å². The largest absolute Gasteiger partial charge is 0.345 e. The first-order valence-electron chi connectivity index (χ1n) is 9.31. The van der Waals surface area contributed by atoms with E-state index in [1.54, 1.807) is 6.07 Å². The number of pyridine rings is 1. The molecule has 11 heteroatoms. The predicted molar refractivity (Wildman–Crippen MR) is 118 cm³/mol. The van der Waals surface area contributed by atoms with Crippen LogP contribution in [0.3, 0.4) is 0 Å². The van der Waals surface area contributed by atoms with Crippen LogP contribution in [0.2, 0.25) is 5.02 Å². The number of carbonyl (C=O) groups excluding carboxylic acids is 1. The average Bonchev–Trinajstić information content (AvgIpc) is 3.14. The first-order valence-corrected chi connectivity index (χ1v) is 11.7. The summed E-state index contributed by atoms with van der Waals surface area (Å²) in [5, 5.41) is 0.922. The fraction of sp³-hybridized carbons (Fsp3) is 0.263. The highest BCUT2D eigenvalue weighted by molar-refractivity contribution is 7.90. The molecule has 0 radical (unpaired) electrons. The topological polar surface area (TPSA) is 95.2 Å². The minimum atomic E-state index is -3.81. The lowest BCUT2D eigenvalue weighted by Crippen LogP contribution is -2.40. The van der Waals surface area contributed by atoms with Crippen LogP contribution < -0.4 is 10.0 Å². The van der Waals surface area contributed by atoms with Gasteiger partial charge in [-0.2, -0.15) is 12.7 Å². The molecule has 0 aliphatic carbocycles. The second-order valence-corrected chi connectivity index (χ2v) is 9.72. The van der Waals surface area contributed by atoms with Gasteiger partial charge in [0.2, 0.25) is 0 Å². The lowest BCUT2D eigenvalue weighted by atomic mass is 10.0. The Morgan fingerprint density at radius 2 is 2.00 bits per heavy atom. The van der Waals surface area contributed by atoms with Gasteiger partial charge in [0.25, 0.3) is 0 Å². The van der Waals surface area contributed by atoms with Gasteiger partial charge in [-0.05, 0) is 31.0 Å². The summed E-state index contributed by atoms with van der Waals surface area (Å²) in [5.41, 5.74) is 0.528. The Morgan fingerprint density at radius 1 is 1.27 bits per heavy atom.